The first-order chi connectivity index (χ1) is 15.1. The third-order valence-corrected chi connectivity index (χ3v) is 6.11. The standard InChI is InChI=1S/C22H23BrN4O4/c1-27-5-3-2-4-6-29-18-8-14-16(9-17(18)28)24-11-25-22(14)26-19-13(10-27)7-15(23)20-21(19)31-12-30-20/h7-9,11,28H,2-6,10,12H2,1H3,(H,24,25,26). The van der Waals surface area contributed by atoms with Crippen molar-refractivity contribution in [1.82, 2.24) is 14.9 Å². The number of aromatic hydroxyl groups is 1. The van der Waals surface area contributed by atoms with Crippen molar-refractivity contribution in [3.63, 3.8) is 0 Å². The van der Waals surface area contributed by atoms with Crippen LogP contribution >= 0.6 is 15.9 Å². The fourth-order valence-corrected chi connectivity index (χ4v) is 4.53. The maximum absolute atomic E-state index is 10.4. The molecular weight excluding hydrogens is 464 g/mol. The van der Waals surface area contributed by atoms with Gasteiger partial charge in [0.1, 0.15) is 12.1 Å². The molecule has 2 aliphatic heterocycles. The van der Waals surface area contributed by atoms with Crippen LogP contribution in [-0.4, -0.2) is 47.0 Å². The lowest BCUT2D eigenvalue weighted by molar-refractivity contribution is 0.174. The number of nitrogens with zero attached hydrogens (tertiary/aromatic N) is 3. The average Bonchev–Trinajstić information content (AvgIpc) is 3.23. The van der Waals surface area contributed by atoms with Crippen molar-refractivity contribution >= 4 is 38.3 Å². The molecule has 2 aromatic carbocycles. The maximum Gasteiger partial charge on any atom is 0.231 e. The van der Waals surface area contributed by atoms with Crippen molar-refractivity contribution in [2.45, 2.75) is 25.8 Å². The molecule has 2 N–H and O–H groups in total. The summed E-state index contributed by atoms with van der Waals surface area (Å²) in [6.07, 6.45) is 4.50. The quantitative estimate of drug-likeness (QED) is 0.477. The first-order valence-electron chi connectivity index (χ1n) is 10.3. The summed E-state index contributed by atoms with van der Waals surface area (Å²) < 4.78 is 18.2. The van der Waals surface area contributed by atoms with Gasteiger partial charge in [0, 0.05) is 18.0 Å². The fraction of sp³-hybridized carbons (Fsp3) is 0.364. The van der Waals surface area contributed by atoms with Gasteiger partial charge in [0.05, 0.1) is 22.3 Å². The molecule has 0 amide bonds. The van der Waals surface area contributed by atoms with Crippen molar-refractivity contribution in [3.05, 3.63) is 34.6 Å². The average molecular weight is 487 g/mol. The van der Waals surface area contributed by atoms with E-state index in [0.717, 1.165) is 53.5 Å². The molecule has 2 bridgehead atoms. The zero-order valence-corrected chi connectivity index (χ0v) is 18.7. The Hall–Kier alpha value is -2.78. The lowest BCUT2D eigenvalue weighted by atomic mass is 10.1. The Morgan fingerprint density at radius 2 is 1.94 bits per heavy atom. The molecule has 31 heavy (non-hydrogen) atoms. The normalized spacial score (nSPS) is 16.8. The smallest absolute Gasteiger partial charge is 0.231 e. The second kappa shape index (κ2) is 8.39. The zero-order chi connectivity index (χ0) is 21.4. The molecule has 3 heterocycles. The van der Waals surface area contributed by atoms with E-state index in [1.54, 1.807) is 12.1 Å². The van der Waals surface area contributed by atoms with Gasteiger partial charge in [-0.1, -0.05) is 0 Å². The molecule has 0 atom stereocenters. The third kappa shape index (κ3) is 3.95. The first kappa shape index (κ1) is 20.1. The van der Waals surface area contributed by atoms with E-state index >= 15 is 0 Å². The van der Waals surface area contributed by atoms with Crippen LogP contribution in [0.3, 0.4) is 0 Å². The number of hydrogen-bond donors (Lipinski definition) is 2. The van der Waals surface area contributed by atoms with Crippen LogP contribution in [0.25, 0.3) is 10.9 Å². The van der Waals surface area contributed by atoms with Gasteiger partial charge in [-0.3, -0.25) is 0 Å². The molecule has 0 aliphatic carbocycles. The predicted octanol–water partition coefficient (Wildman–Crippen LogP) is 4.56. The van der Waals surface area contributed by atoms with Crippen LogP contribution in [-0.2, 0) is 6.54 Å². The van der Waals surface area contributed by atoms with Crippen molar-refractivity contribution in [2.24, 2.45) is 0 Å². The minimum Gasteiger partial charge on any atom is -0.504 e. The van der Waals surface area contributed by atoms with Crippen molar-refractivity contribution in [1.29, 1.82) is 0 Å². The molecule has 0 fully saturated rings. The summed E-state index contributed by atoms with van der Waals surface area (Å²) >= 11 is 3.62. The molecule has 2 aliphatic rings. The van der Waals surface area contributed by atoms with E-state index in [0.29, 0.717) is 35.2 Å². The van der Waals surface area contributed by atoms with Gasteiger partial charge in [-0.05, 0) is 66.5 Å². The van der Waals surface area contributed by atoms with Gasteiger partial charge in [0.25, 0.3) is 0 Å². The van der Waals surface area contributed by atoms with Crippen LogP contribution in [0.15, 0.2) is 29.0 Å². The molecule has 0 saturated heterocycles. The number of ether oxygens (including phenoxy) is 3. The third-order valence-electron chi connectivity index (χ3n) is 5.52. The number of aromatic nitrogens is 2. The molecule has 0 radical (unpaired) electrons. The van der Waals surface area contributed by atoms with E-state index in [1.165, 1.54) is 6.33 Å². The van der Waals surface area contributed by atoms with Crippen LogP contribution in [0.2, 0.25) is 0 Å². The number of fused-ring (bicyclic) bond motifs is 4. The second-order valence-electron chi connectivity index (χ2n) is 7.79. The maximum atomic E-state index is 10.4. The molecule has 3 aromatic rings. The first-order valence-corrected chi connectivity index (χ1v) is 11.1. The van der Waals surface area contributed by atoms with Gasteiger partial charge in [0.2, 0.25) is 6.79 Å². The number of nitrogens with one attached hydrogen (secondary N) is 1. The predicted molar refractivity (Wildman–Crippen MR) is 120 cm³/mol. The van der Waals surface area contributed by atoms with E-state index in [-0.39, 0.29) is 12.5 Å². The van der Waals surface area contributed by atoms with Gasteiger partial charge in [-0.2, -0.15) is 0 Å². The van der Waals surface area contributed by atoms with Gasteiger partial charge in [-0.15, -0.1) is 0 Å². The van der Waals surface area contributed by atoms with E-state index in [2.05, 4.69) is 49.2 Å². The lowest BCUT2D eigenvalue weighted by Crippen LogP contribution is -2.20. The zero-order valence-electron chi connectivity index (χ0n) is 17.2. The Labute approximate surface area is 188 Å². The molecule has 0 saturated carbocycles. The van der Waals surface area contributed by atoms with Crippen LogP contribution in [0.4, 0.5) is 11.5 Å². The Balaban J connectivity index is 1.67. The Morgan fingerprint density at radius 1 is 1.06 bits per heavy atom. The molecule has 162 valence electrons. The van der Waals surface area contributed by atoms with E-state index in [9.17, 15) is 5.11 Å². The molecule has 9 heteroatoms. The molecule has 1 aromatic heterocycles. The van der Waals surface area contributed by atoms with E-state index < -0.39 is 0 Å². The highest BCUT2D eigenvalue weighted by Crippen LogP contribution is 2.48. The Bertz CT molecular complexity index is 1140. The monoisotopic (exact) mass is 486 g/mol. The molecule has 0 unspecified atom stereocenters. The molecule has 5 rings (SSSR count). The summed E-state index contributed by atoms with van der Waals surface area (Å²) in [5.74, 6) is 2.44. The van der Waals surface area contributed by atoms with Gasteiger partial charge in [0.15, 0.2) is 23.0 Å². The summed E-state index contributed by atoms with van der Waals surface area (Å²) in [5, 5.41) is 14.6. The molecular formula is C22H23BrN4O4. The minimum atomic E-state index is 0.0724. The van der Waals surface area contributed by atoms with E-state index in [4.69, 9.17) is 14.2 Å². The highest BCUT2D eigenvalue weighted by Gasteiger charge is 2.26. The number of hydrogen-bond acceptors (Lipinski definition) is 8. The largest absolute Gasteiger partial charge is 0.504 e. The highest BCUT2D eigenvalue weighted by atomic mass is 79.9. The van der Waals surface area contributed by atoms with Crippen molar-refractivity contribution < 1.29 is 19.3 Å². The topological polar surface area (TPSA) is 89.0 Å². The number of benzene rings is 2. The van der Waals surface area contributed by atoms with Crippen LogP contribution in [0, 0.1) is 0 Å². The van der Waals surface area contributed by atoms with Crippen molar-refractivity contribution in [3.8, 4) is 23.0 Å². The summed E-state index contributed by atoms with van der Waals surface area (Å²) in [7, 11) is 2.11. The number of phenols is 1. The molecule has 8 nitrogen and oxygen atoms in total. The van der Waals surface area contributed by atoms with Crippen LogP contribution in [0.1, 0.15) is 24.8 Å². The number of phenolic OH excluding ortho intramolecular Hbond substituents is 1. The SMILES string of the molecule is CN1CCCCCOc2cc3c(ncnc3cc2O)Nc2c(cc(Br)c3c2OCO3)C1. The number of rotatable bonds is 0. The highest BCUT2D eigenvalue weighted by molar-refractivity contribution is 9.10. The van der Waals surface area contributed by atoms with Gasteiger partial charge < -0.3 is 29.5 Å². The minimum absolute atomic E-state index is 0.0724. The summed E-state index contributed by atoms with van der Waals surface area (Å²) in [4.78, 5) is 11.1. The Morgan fingerprint density at radius 3 is 2.84 bits per heavy atom. The number of anilines is 2. The molecule has 0 spiro atoms. The fourth-order valence-electron chi connectivity index (χ4n) is 3.96. The number of halogens is 1. The summed E-state index contributed by atoms with van der Waals surface area (Å²) in [5.41, 5.74) is 2.50. The second-order valence-corrected chi connectivity index (χ2v) is 8.64. The summed E-state index contributed by atoms with van der Waals surface area (Å²) in [6.45, 7) is 2.41. The van der Waals surface area contributed by atoms with E-state index in [1.807, 2.05) is 0 Å². The summed E-state index contributed by atoms with van der Waals surface area (Å²) in [6, 6.07) is 5.46. The van der Waals surface area contributed by atoms with Crippen LogP contribution in [0.5, 0.6) is 23.0 Å². The van der Waals surface area contributed by atoms with Crippen LogP contribution < -0.4 is 19.5 Å². The van der Waals surface area contributed by atoms with Gasteiger partial charge >= 0.3 is 0 Å². The Kier molecular flexibility index (Phi) is 5.45. The van der Waals surface area contributed by atoms with Gasteiger partial charge in [-0.25, -0.2) is 9.97 Å². The van der Waals surface area contributed by atoms with Crippen molar-refractivity contribution in [2.75, 3.05) is 32.3 Å². The lowest BCUT2D eigenvalue weighted by Gasteiger charge is -2.21.